The summed E-state index contributed by atoms with van der Waals surface area (Å²) >= 11 is 0. The lowest BCUT2D eigenvalue weighted by atomic mass is 10.1. The molecule has 3 rings (SSSR count). The number of H-pyrrole nitrogens is 1. The third-order valence-electron chi connectivity index (χ3n) is 3.51. The molecule has 0 aliphatic rings. The molecular formula is C16H18N2O3. The van der Waals surface area contributed by atoms with E-state index in [0.717, 1.165) is 22.2 Å². The van der Waals surface area contributed by atoms with Gasteiger partial charge in [-0.05, 0) is 18.2 Å². The minimum absolute atomic E-state index is 0.0257. The minimum Gasteiger partial charge on any atom is -0.493 e. The maximum absolute atomic E-state index is 8.91. The van der Waals surface area contributed by atoms with Gasteiger partial charge in [0.05, 0.1) is 19.2 Å². The third-order valence-corrected chi connectivity index (χ3v) is 3.51. The Labute approximate surface area is 122 Å². The predicted octanol–water partition coefficient (Wildman–Crippen LogP) is 2.55. The molecule has 0 amide bonds. The van der Waals surface area contributed by atoms with E-state index >= 15 is 0 Å². The number of nitrogens with zero attached hydrogens (tertiary/aromatic N) is 1. The number of hydrogen-bond acceptors (Lipinski definition) is 3. The van der Waals surface area contributed by atoms with Crippen molar-refractivity contribution < 1.29 is 14.6 Å². The molecule has 1 aromatic carbocycles. The number of aryl methyl sites for hydroxylation is 1. The first-order valence-electron chi connectivity index (χ1n) is 6.79. The highest BCUT2D eigenvalue weighted by atomic mass is 16.5. The van der Waals surface area contributed by atoms with Gasteiger partial charge in [-0.3, -0.25) is 0 Å². The number of fused-ring (bicyclic) bond motifs is 1. The lowest BCUT2D eigenvalue weighted by Crippen LogP contribution is -2.03. The van der Waals surface area contributed by atoms with Crippen LogP contribution >= 0.6 is 0 Å². The summed E-state index contributed by atoms with van der Waals surface area (Å²) in [6.07, 6.45) is 3.98. The summed E-state index contributed by atoms with van der Waals surface area (Å²) in [5.74, 6) is 1.30. The van der Waals surface area contributed by atoms with Crippen molar-refractivity contribution in [2.45, 2.75) is 0 Å². The molecule has 110 valence electrons. The van der Waals surface area contributed by atoms with Gasteiger partial charge in [0.1, 0.15) is 6.61 Å². The Hall–Kier alpha value is -2.40. The number of benzene rings is 1. The molecule has 0 radical (unpaired) electrons. The Morgan fingerprint density at radius 1 is 1.29 bits per heavy atom. The molecule has 21 heavy (non-hydrogen) atoms. The van der Waals surface area contributed by atoms with Crippen LogP contribution in [0.2, 0.25) is 0 Å². The fourth-order valence-electron chi connectivity index (χ4n) is 2.53. The Kier molecular flexibility index (Phi) is 3.58. The smallest absolute Gasteiger partial charge is 0.163 e. The van der Waals surface area contributed by atoms with Crippen LogP contribution in [0, 0.1) is 0 Å². The topological polar surface area (TPSA) is 59.4 Å². The molecule has 0 aliphatic heterocycles. The average molecular weight is 286 g/mol. The Bertz CT molecular complexity index is 745. The van der Waals surface area contributed by atoms with Crippen LogP contribution in [0.4, 0.5) is 0 Å². The van der Waals surface area contributed by atoms with Crippen LogP contribution in [-0.4, -0.2) is 35.0 Å². The van der Waals surface area contributed by atoms with Crippen LogP contribution in [0.3, 0.4) is 0 Å². The Balaban J connectivity index is 2.17. The van der Waals surface area contributed by atoms with Crippen molar-refractivity contribution in [1.29, 1.82) is 0 Å². The molecule has 0 saturated heterocycles. The van der Waals surface area contributed by atoms with E-state index in [1.165, 1.54) is 0 Å². The highest BCUT2D eigenvalue weighted by Gasteiger charge is 2.14. The highest BCUT2D eigenvalue weighted by Crippen LogP contribution is 2.37. The van der Waals surface area contributed by atoms with Crippen molar-refractivity contribution in [2.24, 2.45) is 7.05 Å². The van der Waals surface area contributed by atoms with E-state index in [1.54, 1.807) is 7.11 Å². The molecule has 2 aromatic heterocycles. The van der Waals surface area contributed by atoms with Crippen LogP contribution in [-0.2, 0) is 7.05 Å². The third kappa shape index (κ3) is 2.36. The SMILES string of the molecule is COc1cc2c(-c3ccc[nH]3)cn(C)c2cc1OCCO. The molecule has 5 nitrogen and oxygen atoms in total. The van der Waals surface area contributed by atoms with Gasteiger partial charge < -0.3 is 24.1 Å². The molecule has 0 fully saturated rings. The summed E-state index contributed by atoms with van der Waals surface area (Å²) in [5.41, 5.74) is 3.23. The Morgan fingerprint density at radius 2 is 2.14 bits per heavy atom. The van der Waals surface area contributed by atoms with Gasteiger partial charge in [-0.2, -0.15) is 0 Å². The summed E-state index contributed by atoms with van der Waals surface area (Å²) in [6.45, 7) is 0.220. The van der Waals surface area contributed by atoms with Crippen molar-refractivity contribution in [2.75, 3.05) is 20.3 Å². The summed E-state index contributed by atoms with van der Waals surface area (Å²) in [7, 11) is 3.61. The van der Waals surface area contributed by atoms with Gasteiger partial charge in [-0.25, -0.2) is 0 Å². The second kappa shape index (κ2) is 5.54. The molecular weight excluding hydrogens is 268 g/mol. The first-order valence-corrected chi connectivity index (χ1v) is 6.79. The first-order chi connectivity index (χ1) is 10.2. The highest BCUT2D eigenvalue weighted by molar-refractivity contribution is 5.97. The number of rotatable bonds is 5. The number of nitrogens with one attached hydrogen (secondary N) is 1. The fraction of sp³-hybridized carbons (Fsp3) is 0.250. The average Bonchev–Trinajstić information content (AvgIpc) is 3.12. The van der Waals surface area contributed by atoms with E-state index in [-0.39, 0.29) is 13.2 Å². The molecule has 0 unspecified atom stereocenters. The van der Waals surface area contributed by atoms with E-state index in [1.807, 2.05) is 37.5 Å². The second-order valence-electron chi connectivity index (χ2n) is 4.83. The second-order valence-corrected chi connectivity index (χ2v) is 4.83. The molecule has 3 aromatic rings. The first kappa shape index (κ1) is 13.6. The summed E-state index contributed by atoms with van der Waals surface area (Å²) in [6, 6.07) is 7.93. The zero-order valence-corrected chi connectivity index (χ0v) is 12.1. The van der Waals surface area contributed by atoms with E-state index in [4.69, 9.17) is 14.6 Å². The van der Waals surface area contributed by atoms with E-state index < -0.39 is 0 Å². The van der Waals surface area contributed by atoms with Gasteiger partial charge in [-0.1, -0.05) is 0 Å². The number of aromatic nitrogens is 2. The van der Waals surface area contributed by atoms with Crippen molar-refractivity contribution in [3.05, 3.63) is 36.7 Å². The van der Waals surface area contributed by atoms with Gasteiger partial charge in [0.15, 0.2) is 11.5 Å². The van der Waals surface area contributed by atoms with Crippen molar-refractivity contribution in [1.82, 2.24) is 9.55 Å². The van der Waals surface area contributed by atoms with Gasteiger partial charge in [0, 0.05) is 42.2 Å². The lowest BCUT2D eigenvalue weighted by Gasteiger charge is -2.11. The molecule has 0 spiro atoms. The molecule has 2 heterocycles. The van der Waals surface area contributed by atoms with E-state index in [9.17, 15) is 0 Å². The van der Waals surface area contributed by atoms with Crippen LogP contribution in [0.15, 0.2) is 36.7 Å². The molecule has 0 bridgehead atoms. The standard InChI is InChI=1S/C16H18N2O3/c1-18-10-12(13-4-3-5-17-13)11-8-15(20-2)16(9-14(11)18)21-7-6-19/h3-5,8-10,17,19H,6-7H2,1-2H3. The summed E-state index contributed by atoms with van der Waals surface area (Å²) in [4.78, 5) is 3.23. The number of ether oxygens (including phenoxy) is 2. The molecule has 0 atom stereocenters. The van der Waals surface area contributed by atoms with Gasteiger partial charge in [-0.15, -0.1) is 0 Å². The Morgan fingerprint density at radius 3 is 2.81 bits per heavy atom. The zero-order valence-electron chi connectivity index (χ0n) is 12.1. The van der Waals surface area contributed by atoms with Crippen molar-refractivity contribution in [3.8, 4) is 22.8 Å². The predicted molar refractivity (Wildman–Crippen MR) is 81.8 cm³/mol. The molecule has 0 saturated carbocycles. The lowest BCUT2D eigenvalue weighted by molar-refractivity contribution is 0.196. The minimum atomic E-state index is -0.0257. The molecule has 5 heteroatoms. The van der Waals surface area contributed by atoms with Crippen LogP contribution in [0.1, 0.15) is 0 Å². The number of hydrogen-bond donors (Lipinski definition) is 2. The van der Waals surface area contributed by atoms with E-state index in [0.29, 0.717) is 11.5 Å². The maximum atomic E-state index is 8.91. The fourth-order valence-corrected chi connectivity index (χ4v) is 2.53. The van der Waals surface area contributed by atoms with E-state index in [2.05, 4.69) is 15.7 Å². The number of methoxy groups -OCH3 is 1. The number of aliphatic hydroxyl groups excluding tert-OH is 1. The summed E-state index contributed by atoms with van der Waals surface area (Å²) < 4.78 is 13.0. The van der Waals surface area contributed by atoms with Gasteiger partial charge >= 0.3 is 0 Å². The normalized spacial score (nSPS) is 11.0. The van der Waals surface area contributed by atoms with Crippen LogP contribution in [0.25, 0.3) is 22.2 Å². The quantitative estimate of drug-likeness (QED) is 0.758. The van der Waals surface area contributed by atoms with Gasteiger partial charge in [0.25, 0.3) is 0 Å². The summed E-state index contributed by atoms with van der Waals surface area (Å²) in [5, 5.41) is 10.0. The monoisotopic (exact) mass is 286 g/mol. The van der Waals surface area contributed by atoms with Crippen LogP contribution in [0.5, 0.6) is 11.5 Å². The largest absolute Gasteiger partial charge is 0.493 e. The number of aliphatic hydroxyl groups is 1. The van der Waals surface area contributed by atoms with Crippen molar-refractivity contribution >= 4 is 10.9 Å². The number of aromatic amines is 1. The molecule has 2 N–H and O–H groups in total. The van der Waals surface area contributed by atoms with Crippen LogP contribution < -0.4 is 9.47 Å². The van der Waals surface area contributed by atoms with Crippen molar-refractivity contribution in [3.63, 3.8) is 0 Å². The van der Waals surface area contributed by atoms with Gasteiger partial charge in [0.2, 0.25) is 0 Å². The maximum Gasteiger partial charge on any atom is 0.163 e. The molecule has 0 aliphatic carbocycles. The zero-order chi connectivity index (χ0) is 14.8.